The highest BCUT2D eigenvalue weighted by Crippen LogP contribution is 2.36. The molecule has 0 bridgehead atoms. The number of anilines is 1. The summed E-state index contributed by atoms with van der Waals surface area (Å²) in [7, 11) is -1.81. The van der Waals surface area contributed by atoms with Crippen molar-refractivity contribution in [3.8, 4) is 11.5 Å². The Bertz CT molecular complexity index is 1020. The predicted molar refractivity (Wildman–Crippen MR) is 99.5 cm³/mol. The van der Waals surface area contributed by atoms with Crippen molar-refractivity contribution < 1.29 is 32.7 Å². The fourth-order valence-electron chi connectivity index (χ4n) is 2.51. The van der Waals surface area contributed by atoms with Gasteiger partial charge < -0.3 is 14.6 Å². The van der Waals surface area contributed by atoms with Crippen molar-refractivity contribution in [1.82, 2.24) is 0 Å². The molecule has 0 aromatic heterocycles. The monoisotopic (exact) mass is 410 g/mol. The number of nitro benzene ring substituents is 1. The van der Waals surface area contributed by atoms with E-state index in [1.165, 1.54) is 51.5 Å². The number of sulfonamides is 1. The molecule has 2 aromatic carbocycles. The lowest BCUT2D eigenvalue weighted by atomic mass is 10.2. The van der Waals surface area contributed by atoms with E-state index in [-0.39, 0.29) is 27.6 Å². The fourth-order valence-corrected chi connectivity index (χ4v) is 4.18. The molecule has 0 atom stereocenters. The Morgan fingerprint density at radius 1 is 1.18 bits per heavy atom. The molecule has 10 nitrogen and oxygen atoms in total. The first kappa shape index (κ1) is 21.0. The Kier molecular flexibility index (Phi) is 6.09. The number of ether oxygens (including phenoxy) is 2. The number of benzene rings is 2. The van der Waals surface area contributed by atoms with E-state index < -0.39 is 33.1 Å². The van der Waals surface area contributed by atoms with Crippen LogP contribution in [0.25, 0.3) is 0 Å². The van der Waals surface area contributed by atoms with Gasteiger partial charge in [0.25, 0.3) is 15.7 Å². The maximum absolute atomic E-state index is 13.3. The minimum atomic E-state index is -4.48. The van der Waals surface area contributed by atoms with Crippen LogP contribution in [0.1, 0.15) is 5.56 Å². The molecule has 2 rings (SSSR count). The Labute approximate surface area is 161 Å². The van der Waals surface area contributed by atoms with E-state index in [0.717, 1.165) is 6.07 Å². The molecule has 2 aromatic rings. The average molecular weight is 410 g/mol. The van der Waals surface area contributed by atoms with Gasteiger partial charge in [0.1, 0.15) is 18.0 Å². The third kappa shape index (κ3) is 4.14. The van der Waals surface area contributed by atoms with E-state index in [0.29, 0.717) is 4.31 Å². The molecule has 0 fully saturated rings. The first-order valence-electron chi connectivity index (χ1n) is 7.83. The van der Waals surface area contributed by atoms with Crippen molar-refractivity contribution in [1.29, 1.82) is 0 Å². The molecule has 0 saturated heterocycles. The molecule has 0 aliphatic carbocycles. The van der Waals surface area contributed by atoms with E-state index in [2.05, 4.69) is 0 Å². The van der Waals surface area contributed by atoms with Crippen molar-refractivity contribution in [2.75, 3.05) is 25.1 Å². The van der Waals surface area contributed by atoms with E-state index in [1.54, 1.807) is 0 Å². The first-order valence-corrected chi connectivity index (χ1v) is 9.27. The van der Waals surface area contributed by atoms with Crippen molar-refractivity contribution >= 4 is 27.4 Å². The van der Waals surface area contributed by atoms with E-state index in [1.807, 2.05) is 0 Å². The van der Waals surface area contributed by atoms with Crippen LogP contribution in [-0.4, -0.2) is 45.2 Å². The summed E-state index contributed by atoms with van der Waals surface area (Å²) in [5.74, 6) is -1.05. The summed E-state index contributed by atoms with van der Waals surface area (Å²) in [6, 6.07) is 7.61. The lowest BCUT2D eigenvalue weighted by molar-refractivity contribution is -0.385. The van der Waals surface area contributed by atoms with Gasteiger partial charge in [-0.3, -0.25) is 19.2 Å². The highest BCUT2D eigenvalue weighted by atomic mass is 32.2. The van der Waals surface area contributed by atoms with Gasteiger partial charge in [-0.05, 0) is 24.6 Å². The van der Waals surface area contributed by atoms with Gasteiger partial charge in [0.05, 0.1) is 29.7 Å². The smallest absolute Gasteiger partial charge is 0.324 e. The van der Waals surface area contributed by atoms with Crippen molar-refractivity contribution in [2.24, 2.45) is 0 Å². The van der Waals surface area contributed by atoms with E-state index in [4.69, 9.17) is 9.47 Å². The summed E-state index contributed by atoms with van der Waals surface area (Å²) in [5.41, 5.74) is -0.282. The SMILES string of the molecule is COc1ccc(OC)c(N(CC(=O)O)S(=O)(=O)c2cc([N+](=O)[O-])ccc2C)c1. The molecule has 0 heterocycles. The van der Waals surface area contributed by atoms with Gasteiger partial charge in [0.2, 0.25) is 0 Å². The Morgan fingerprint density at radius 3 is 2.39 bits per heavy atom. The van der Waals surface area contributed by atoms with Crippen LogP contribution in [0.5, 0.6) is 11.5 Å². The topological polar surface area (TPSA) is 136 Å². The first-order chi connectivity index (χ1) is 13.1. The number of hydrogen-bond donors (Lipinski definition) is 1. The van der Waals surface area contributed by atoms with E-state index in [9.17, 15) is 28.4 Å². The number of aliphatic carboxylic acids is 1. The second kappa shape index (κ2) is 8.13. The number of aryl methyl sites for hydroxylation is 1. The summed E-state index contributed by atoms with van der Waals surface area (Å²) in [6.45, 7) is 0.534. The van der Waals surface area contributed by atoms with Crippen LogP contribution in [-0.2, 0) is 14.8 Å². The van der Waals surface area contributed by atoms with Crippen LogP contribution >= 0.6 is 0 Å². The molecule has 11 heteroatoms. The molecular formula is C17H18N2O8S. The zero-order valence-corrected chi connectivity index (χ0v) is 16.1. The minimum absolute atomic E-state index is 0.0739. The molecule has 0 radical (unpaired) electrons. The van der Waals surface area contributed by atoms with Crippen LogP contribution in [0.4, 0.5) is 11.4 Å². The molecule has 0 amide bonds. The van der Waals surface area contributed by atoms with Crippen molar-refractivity contribution in [3.63, 3.8) is 0 Å². The van der Waals surface area contributed by atoms with Crippen LogP contribution in [0.3, 0.4) is 0 Å². The molecular weight excluding hydrogens is 392 g/mol. The number of methoxy groups -OCH3 is 2. The standard InChI is InChI=1S/C17H18N2O8S/c1-11-4-5-12(19(22)23)8-16(11)28(24,25)18(10-17(20)21)14-9-13(26-2)6-7-15(14)27-3/h4-9H,10H2,1-3H3,(H,20,21). The number of non-ortho nitro benzene ring substituents is 1. The van der Waals surface area contributed by atoms with Gasteiger partial charge in [-0.15, -0.1) is 0 Å². The number of rotatable bonds is 8. The maximum atomic E-state index is 13.3. The second-order valence-corrected chi connectivity index (χ2v) is 7.48. The zero-order valence-electron chi connectivity index (χ0n) is 15.3. The molecule has 1 N–H and O–H groups in total. The van der Waals surface area contributed by atoms with Crippen LogP contribution in [0.2, 0.25) is 0 Å². The fraction of sp³-hybridized carbons (Fsp3) is 0.235. The number of nitro groups is 1. The van der Waals surface area contributed by atoms with E-state index >= 15 is 0 Å². The van der Waals surface area contributed by atoms with Crippen LogP contribution < -0.4 is 13.8 Å². The molecule has 150 valence electrons. The third-order valence-electron chi connectivity index (χ3n) is 3.88. The summed E-state index contributed by atoms with van der Waals surface area (Å²) in [4.78, 5) is 21.3. The highest BCUT2D eigenvalue weighted by molar-refractivity contribution is 7.93. The number of carboxylic acid groups (broad SMARTS) is 1. The maximum Gasteiger partial charge on any atom is 0.324 e. The predicted octanol–water partition coefficient (Wildman–Crippen LogP) is 2.20. The lowest BCUT2D eigenvalue weighted by Gasteiger charge is -2.25. The number of carboxylic acids is 1. The van der Waals surface area contributed by atoms with Crippen LogP contribution in [0.15, 0.2) is 41.3 Å². The summed E-state index contributed by atoms with van der Waals surface area (Å²) >= 11 is 0. The minimum Gasteiger partial charge on any atom is -0.497 e. The van der Waals surface area contributed by atoms with Crippen molar-refractivity contribution in [3.05, 3.63) is 52.1 Å². The largest absolute Gasteiger partial charge is 0.497 e. The number of carbonyl (C=O) groups is 1. The normalized spacial score (nSPS) is 11.0. The Morgan fingerprint density at radius 2 is 1.86 bits per heavy atom. The van der Waals surface area contributed by atoms with Gasteiger partial charge in [0, 0.05) is 18.2 Å². The quantitative estimate of drug-likeness (QED) is 0.517. The van der Waals surface area contributed by atoms with Gasteiger partial charge in [-0.25, -0.2) is 8.42 Å². The summed E-state index contributed by atoms with van der Waals surface area (Å²) in [6.07, 6.45) is 0. The van der Waals surface area contributed by atoms with Gasteiger partial charge in [-0.2, -0.15) is 0 Å². The lowest BCUT2D eigenvalue weighted by Crippen LogP contribution is -2.36. The highest BCUT2D eigenvalue weighted by Gasteiger charge is 2.32. The summed E-state index contributed by atoms with van der Waals surface area (Å²) in [5, 5.41) is 20.3. The summed E-state index contributed by atoms with van der Waals surface area (Å²) < 4.78 is 37.4. The van der Waals surface area contributed by atoms with Gasteiger partial charge in [-0.1, -0.05) is 6.07 Å². The third-order valence-corrected chi connectivity index (χ3v) is 5.79. The molecule has 0 spiro atoms. The molecule has 0 aliphatic rings. The Hall–Kier alpha value is -3.34. The van der Waals surface area contributed by atoms with Gasteiger partial charge >= 0.3 is 5.97 Å². The van der Waals surface area contributed by atoms with Crippen molar-refractivity contribution in [2.45, 2.75) is 11.8 Å². The second-order valence-electron chi connectivity index (χ2n) is 5.65. The molecule has 0 unspecified atom stereocenters. The average Bonchev–Trinajstić information content (AvgIpc) is 2.65. The molecule has 28 heavy (non-hydrogen) atoms. The zero-order chi connectivity index (χ0) is 21.1. The molecule has 0 saturated carbocycles. The Balaban J connectivity index is 2.75. The molecule has 0 aliphatic heterocycles. The van der Waals surface area contributed by atoms with Gasteiger partial charge in [0.15, 0.2) is 0 Å². The number of hydrogen-bond acceptors (Lipinski definition) is 7. The number of nitrogens with zero attached hydrogens (tertiary/aromatic N) is 2. The van der Waals surface area contributed by atoms with Crippen LogP contribution in [0, 0.1) is 17.0 Å².